The van der Waals surface area contributed by atoms with Crippen molar-refractivity contribution in [1.82, 2.24) is 0 Å². The Hall–Kier alpha value is -1.43. The van der Waals surface area contributed by atoms with Crippen molar-refractivity contribution in [3.8, 4) is 0 Å². The first kappa shape index (κ1) is 10.1. The van der Waals surface area contributed by atoms with Crippen LogP contribution in [0, 0.1) is 0 Å². The highest BCUT2D eigenvalue weighted by atomic mass is 79.9. The van der Waals surface area contributed by atoms with Crippen molar-refractivity contribution in [3.05, 3.63) is 16.6 Å². The van der Waals surface area contributed by atoms with Crippen LogP contribution >= 0.6 is 15.9 Å². The Bertz CT molecular complexity index is 411. The molecule has 0 atom stereocenters. The number of nitrogens with one attached hydrogen (secondary N) is 2. The van der Waals surface area contributed by atoms with Crippen LogP contribution in [0.2, 0.25) is 0 Å². The minimum Gasteiger partial charge on any atom is -0.382 e. The molecule has 0 fully saturated rings. The highest BCUT2D eigenvalue weighted by molar-refractivity contribution is 9.10. The minimum atomic E-state index is 0.0550. The predicted octanol–water partition coefficient (Wildman–Crippen LogP) is 1.19. The third kappa shape index (κ3) is 1.99. The van der Waals surface area contributed by atoms with Gasteiger partial charge in [-0.1, -0.05) is 0 Å². The zero-order valence-electron chi connectivity index (χ0n) is 8.05. The van der Waals surface area contributed by atoms with Gasteiger partial charge in [-0.2, -0.15) is 0 Å². The molecular weight excluding hydrogens is 258 g/mol. The molecular formula is C9H12BrN5. The Morgan fingerprint density at radius 2 is 2.00 bits per heavy atom. The Morgan fingerprint density at radius 1 is 1.27 bits per heavy atom. The molecule has 0 radical (unpaired) electrons. The summed E-state index contributed by atoms with van der Waals surface area (Å²) >= 11 is 3.47. The highest BCUT2D eigenvalue weighted by Crippen LogP contribution is 2.39. The van der Waals surface area contributed by atoms with Gasteiger partial charge in [0.25, 0.3) is 0 Å². The predicted molar refractivity (Wildman–Crippen MR) is 66.6 cm³/mol. The quantitative estimate of drug-likeness (QED) is 0.456. The van der Waals surface area contributed by atoms with Crippen LogP contribution in [0.1, 0.15) is 0 Å². The van der Waals surface area contributed by atoms with Crippen LogP contribution in [0.25, 0.3) is 0 Å². The summed E-state index contributed by atoms with van der Waals surface area (Å²) < 4.78 is 0.876. The van der Waals surface area contributed by atoms with Gasteiger partial charge in [-0.05, 0) is 28.1 Å². The van der Waals surface area contributed by atoms with Crippen molar-refractivity contribution in [3.63, 3.8) is 0 Å². The zero-order valence-corrected chi connectivity index (χ0v) is 9.63. The van der Waals surface area contributed by atoms with E-state index in [-0.39, 0.29) is 5.96 Å². The van der Waals surface area contributed by atoms with E-state index in [1.165, 1.54) is 0 Å². The number of hydrogen-bond acceptors (Lipinski definition) is 3. The molecule has 80 valence electrons. The summed E-state index contributed by atoms with van der Waals surface area (Å²) in [5.41, 5.74) is 13.5. The average molecular weight is 270 g/mol. The summed E-state index contributed by atoms with van der Waals surface area (Å²) in [6.07, 6.45) is 0. The van der Waals surface area contributed by atoms with E-state index in [9.17, 15) is 0 Å². The fourth-order valence-electron chi connectivity index (χ4n) is 1.50. The molecule has 2 rings (SSSR count). The number of fused-ring (bicyclic) bond motifs is 1. The topological polar surface area (TPSA) is 88.5 Å². The lowest BCUT2D eigenvalue weighted by atomic mass is 10.2. The van der Waals surface area contributed by atoms with Gasteiger partial charge in [0, 0.05) is 13.1 Å². The summed E-state index contributed by atoms with van der Waals surface area (Å²) in [6, 6.07) is 3.82. The maximum atomic E-state index is 5.34. The van der Waals surface area contributed by atoms with Crippen LogP contribution in [-0.2, 0) is 0 Å². The zero-order chi connectivity index (χ0) is 10.8. The number of nitrogens with two attached hydrogens (primary N) is 2. The Balaban J connectivity index is 2.47. The van der Waals surface area contributed by atoms with Crippen molar-refractivity contribution in [1.29, 1.82) is 0 Å². The number of benzene rings is 1. The molecule has 0 spiro atoms. The fourth-order valence-corrected chi connectivity index (χ4v) is 2.07. The molecule has 1 heterocycles. The summed E-state index contributed by atoms with van der Waals surface area (Å²) in [5, 5.41) is 6.56. The monoisotopic (exact) mass is 269 g/mol. The van der Waals surface area contributed by atoms with Crippen LogP contribution in [0.15, 0.2) is 21.6 Å². The first-order valence-electron chi connectivity index (χ1n) is 4.58. The fraction of sp³-hybridized carbons (Fsp3) is 0.222. The molecule has 1 aliphatic heterocycles. The molecule has 0 aliphatic carbocycles. The van der Waals surface area contributed by atoms with E-state index in [0.717, 1.165) is 34.6 Å². The average Bonchev–Trinajstić information content (AvgIpc) is 2.22. The molecule has 0 aromatic heterocycles. The van der Waals surface area contributed by atoms with E-state index in [2.05, 4.69) is 31.6 Å². The molecule has 0 saturated carbocycles. The van der Waals surface area contributed by atoms with Gasteiger partial charge in [-0.3, -0.25) is 0 Å². The standard InChI is InChI=1S/C9H12BrN5/c10-7-5(15-9(11)12)1-2-6-8(7)14-4-3-13-6/h1-2,13-14H,3-4H2,(H4,11,12,15). The van der Waals surface area contributed by atoms with Gasteiger partial charge in [0.1, 0.15) is 0 Å². The van der Waals surface area contributed by atoms with Gasteiger partial charge >= 0.3 is 0 Å². The number of aliphatic imine (C=N–C) groups is 1. The van der Waals surface area contributed by atoms with Crippen LogP contribution in [0.5, 0.6) is 0 Å². The third-order valence-electron chi connectivity index (χ3n) is 2.11. The van der Waals surface area contributed by atoms with E-state index >= 15 is 0 Å². The third-order valence-corrected chi connectivity index (χ3v) is 2.92. The Labute approximate surface area is 96.1 Å². The normalized spacial score (nSPS) is 13.4. The number of hydrogen-bond donors (Lipinski definition) is 4. The Kier molecular flexibility index (Phi) is 2.68. The van der Waals surface area contributed by atoms with Gasteiger partial charge in [-0.25, -0.2) is 4.99 Å². The number of rotatable bonds is 1. The summed E-state index contributed by atoms with van der Waals surface area (Å²) in [5.74, 6) is 0.0550. The number of halogens is 1. The molecule has 1 aromatic rings. The lowest BCUT2D eigenvalue weighted by Gasteiger charge is -2.21. The SMILES string of the molecule is NC(N)=Nc1ccc2c(c1Br)NCCN2. The van der Waals surface area contributed by atoms with E-state index < -0.39 is 0 Å². The van der Waals surface area contributed by atoms with Crippen LogP contribution in [0.3, 0.4) is 0 Å². The van der Waals surface area contributed by atoms with Gasteiger partial charge in [0.2, 0.25) is 0 Å². The van der Waals surface area contributed by atoms with E-state index in [1.807, 2.05) is 12.1 Å². The lowest BCUT2D eigenvalue weighted by molar-refractivity contribution is 1.04. The summed E-state index contributed by atoms with van der Waals surface area (Å²) in [4.78, 5) is 4.02. The molecule has 6 N–H and O–H groups in total. The molecule has 0 unspecified atom stereocenters. The van der Waals surface area contributed by atoms with Gasteiger partial charge in [0.05, 0.1) is 21.5 Å². The van der Waals surface area contributed by atoms with E-state index in [4.69, 9.17) is 11.5 Å². The number of anilines is 2. The maximum absolute atomic E-state index is 5.34. The summed E-state index contributed by atoms with van der Waals surface area (Å²) in [6.45, 7) is 1.80. The second-order valence-corrected chi connectivity index (χ2v) is 4.00. The number of nitrogens with zero attached hydrogens (tertiary/aromatic N) is 1. The maximum Gasteiger partial charge on any atom is 0.191 e. The van der Waals surface area contributed by atoms with Crippen molar-refractivity contribution in [2.75, 3.05) is 23.7 Å². The minimum absolute atomic E-state index is 0.0550. The molecule has 15 heavy (non-hydrogen) atoms. The second kappa shape index (κ2) is 3.98. The van der Waals surface area contributed by atoms with Crippen LogP contribution in [-0.4, -0.2) is 19.0 Å². The van der Waals surface area contributed by atoms with Crippen molar-refractivity contribution in [2.24, 2.45) is 16.5 Å². The summed E-state index contributed by atoms with van der Waals surface area (Å²) in [7, 11) is 0. The molecule has 0 saturated heterocycles. The molecule has 0 bridgehead atoms. The molecule has 5 nitrogen and oxygen atoms in total. The van der Waals surface area contributed by atoms with Crippen molar-refractivity contribution >= 4 is 39.0 Å². The van der Waals surface area contributed by atoms with E-state index in [0.29, 0.717) is 0 Å². The molecule has 1 aromatic carbocycles. The highest BCUT2D eigenvalue weighted by Gasteiger charge is 2.13. The lowest BCUT2D eigenvalue weighted by Crippen LogP contribution is -2.22. The molecule has 0 amide bonds. The van der Waals surface area contributed by atoms with Crippen molar-refractivity contribution in [2.45, 2.75) is 0 Å². The van der Waals surface area contributed by atoms with Gasteiger partial charge < -0.3 is 22.1 Å². The first-order valence-corrected chi connectivity index (χ1v) is 5.37. The van der Waals surface area contributed by atoms with Gasteiger partial charge in [-0.15, -0.1) is 0 Å². The smallest absolute Gasteiger partial charge is 0.191 e. The van der Waals surface area contributed by atoms with Gasteiger partial charge in [0.15, 0.2) is 5.96 Å². The van der Waals surface area contributed by atoms with E-state index in [1.54, 1.807) is 0 Å². The van der Waals surface area contributed by atoms with Crippen molar-refractivity contribution < 1.29 is 0 Å². The van der Waals surface area contributed by atoms with Crippen LogP contribution < -0.4 is 22.1 Å². The van der Waals surface area contributed by atoms with Crippen LogP contribution in [0.4, 0.5) is 17.1 Å². The molecule has 1 aliphatic rings. The largest absolute Gasteiger partial charge is 0.382 e. The second-order valence-electron chi connectivity index (χ2n) is 3.21. The first-order chi connectivity index (χ1) is 7.18. The number of guanidine groups is 1. The molecule has 6 heteroatoms. The Morgan fingerprint density at radius 3 is 2.73 bits per heavy atom.